The molecule has 0 saturated heterocycles. The average molecular weight is 230 g/mol. The SMILES string of the molecule is [2H]c1nc([B])n(CO)c1Cn1cc(C)c(C)c1C. The third kappa shape index (κ3) is 2.02. The fraction of sp³-hybridized carbons (Fsp3) is 0.417. The summed E-state index contributed by atoms with van der Waals surface area (Å²) in [7, 11) is 5.64. The molecule has 2 rings (SSSR count). The first-order chi connectivity index (χ1) is 8.45. The Bertz CT molecular complexity index is 589. The minimum absolute atomic E-state index is 0.116. The van der Waals surface area contributed by atoms with Crippen molar-refractivity contribution in [2.45, 2.75) is 34.0 Å². The summed E-state index contributed by atoms with van der Waals surface area (Å²) in [5.74, 6) is 0. The molecule has 2 aromatic rings. The third-order valence-corrected chi connectivity index (χ3v) is 3.28. The summed E-state index contributed by atoms with van der Waals surface area (Å²) in [6.45, 7) is 6.39. The summed E-state index contributed by atoms with van der Waals surface area (Å²) in [5.41, 5.74) is 4.40. The highest BCUT2D eigenvalue weighted by Crippen LogP contribution is 2.15. The molecule has 0 unspecified atom stereocenters. The molecule has 2 aromatic heterocycles. The highest BCUT2D eigenvalue weighted by molar-refractivity contribution is 6.29. The van der Waals surface area contributed by atoms with E-state index in [-0.39, 0.29) is 18.6 Å². The molecule has 0 saturated carbocycles. The van der Waals surface area contributed by atoms with Gasteiger partial charge in [-0.15, -0.1) is 0 Å². The monoisotopic (exact) mass is 230 g/mol. The molecule has 0 fully saturated rings. The Balaban J connectivity index is 2.42. The van der Waals surface area contributed by atoms with Gasteiger partial charge in [0.15, 0.2) is 7.85 Å². The van der Waals surface area contributed by atoms with Crippen molar-refractivity contribution >= 4 is 13.6 Å². The number of aryl methyl sites for hydroxylation is 1. The summed E-state index contributed by atoms with van der Waals surface area (Å²) in [6.07, 6.45) is 2.15. The Labute approximate surface area is 104 Å². The van der Waals surface area contributed by atoms with Gasteiger partial charge in [0, 0.05) is 18.1 Å². The molecule has 4 nitrogen and oxygen atoms in total. The van der Waals surface area contributed by atoms with Gasteiger partial charge < -0.3 is 14.2 Å². The standard InChI is InChI=1S/C12H16BN3O/c1-8-5-15(10(3)9(8)2)6-11-4-14-12(13)16(11)7-17/h4-5,17H,6-7H2,1-3H3/i4D. The number of aliphatic hydroxyl groups excluding tert-OH is 1. The van der Waals surface area contributed by atoms with E-state index in [4.69, 9.17) is 9.22 Å². The van der Waals surface area contributed by atoms with Crippen LogP contribution in [0.4, 0.5) is 0 Å². The maximum atomic E-state index is 9.27. The summed E-state index contributed by atoms with van der Waals surface area (Å²) in [4.78, 5) is 3.87. The van der Waals surface area contributed by atoms with Crippen LogP contribution in [0.15, 0.2) is 12.4 Å². The Kier molecular flexibility index (Phi) is 2.77. The van der Waals surface area contributed by atoms with Crippen molar-refractivity contribution in [1.82, 2.24) is 14.1 Å². The second kappa shape index (κ2) is 4.41. The number of hydrogen-bond donors (Lipinski definition) is 1. The van der Waals surface area contributed by atoms with Gasteiger partial charge in [0.25, 0.3) is 0 Å². The second-order valence-corrected chi connectivity index (χ2v) is 4.25. The smallest absolute Gasteiger partial charge is 0.167 e. The van der Waals surface area contributed by atoms with Crippen molar-refractivity contribution in [3.8, 4) is 0 Å². The minimum atomic E-state index is -0.259. The van der Waals surface area contributed by atoms with Gasteiger partial charge in [-0.25, -0.2) is 0 Å². The fourth-order valence-corrected chi connectivity index (χ4v) is 1.91. The van der Waals surface area contributed by atoms with Crippen LogP contribution in [0.1, 0.15) is 23.9 Å². The van der Waals surface area contributed by atoms with Crippen LogP contribution in [0.5, 0.6) is 0 Å². The predicted molar refractivity (Wildman–Crippen MR) is 67.6 cm³/mol. The molecule has 5 heteroatoms. The Morgan fingerprint density at radius 2 is 2.18 bits per heavy atom. The van der Waals surface area contributed by atoms with Gasteiger partial charge in [-0.2, -0.15) is 0 Å². The molecule has 0 bridgehead atoms. The summed E-state index contributed by atoms with van der Waals surface area (Å²) in [6, 6.07) is 0. The maximum Gasteiger partial charge on any atom is 0.167 e. The van der Waals surface area contributed by atoms with Gasteiger partial charge in [0.2, 0.25) is 0 Å². The van der Waals surface area contributed by atoms with Gasteiger partial charge in [-0.3, -0.25) is 4.98 Å². The average Bonchev–Trinajstić information content (AvgIpc) is 2.72. The van der Waals surface area contributed by atoms with E-state index in [0.29, 0.717) is 12.2 Å². The molecule has 2 radical (unpaired) electrons. The van der Waals surface area contributed by atoms with Crippen molar-refractivity contribution in [3.05, 3.63) is 34.9 Å². The Hall–Kier alpha value is -1.49. The van der Waals surface area contributed by atoms with Crippen LogP contribution in [-0.4, -0.2) is 27.1 Å². The van der Waals surface area contributed by atoms with Gasteiger partial charge in [-0.05, 0) is 31.9 Å². The summed E-state index contributed by atoms with van der Waals surface area (Å²) >= 11 is 0. The number of imidazole rings is 1. The van der Waals surface area contributed by atoms with Crippen molar-refractivity contribution in [3.63, 3.8) is 0 Å². The van der Waals surface area contributed by atoms with Gasteiger partial charge in [0.1, 0.15) is 6.73 Å². The molecule has 1 N–H and O–H groups in total. The quantitative estimate of drug-likeness (QED) is 0.775. The largest absolute Gasteiger partial charge is 0.376 e. The maximum absolute atomic E-state index is 9.27. The Morgan fingerprint density at radius 1 is 1.47 bits per heavy atom. The van der Waals surface area contributed by atoms with Crippen molar-refractivity contribution in [1.29, 1.82) is 0 Å². The number of nitrogens with zero attached hydrogens (tertiary/aromatic N) is 3. The lowest BCUT2D eigenvalue weighted by molar-refractivity contribution is 0.210. The molecule has 2 heterocycles. The molecule has 0 aromatic carbocycles. The van der Waals surface area contributed by atoms with Crippen molar-refractivity contribution in [2.24, 2.45) is 0 Å². The van der Waals surface area contributed by atoms with Crippen LogP contribution in [-0.2, 0) is 13.3 Å². The molecule has 0 aliphatic rings. The molecule has 0 aliphatic heterocycles. The second-order valence-electron chi connectivity index (χ2n) is 4.25. The van der Waals surface area contributed by atoms with Crippen molar-refractivity contribution < 1.29 is 6.48 Å². The zero-order valence-corrected chi connectivity index (χ0v) is 10.4. The van der Waals surface area contributed by atoms with Gasteiger partial charge in [0.05, 0.1) is 19.3 Å². The molecule has 0 spiro atoms. The zero-order chi connectivity index (χ0) is 13.4. The summed E-state index contributed by atoms with van der Waals surface area (Å²) in [5, 5.41) is 9.27. The Morgan fingerprint density at radius 3 is 2.71 bits per heavy atom. The van der Waals surface area contributed by atoms with E-state index in [9.17, 15) is 5.11 Å². The summed E-state index contributed by atoms with van der Waals surface area (Å²) < 4.78 is 11.3. The van der Waals surface area contributed by atoms with Crippen LogP contribution >= 0.6 is 0 Å². The highest BCUT2D eigenvalue weighted by atomic mass is 16.3. The molecular weight excluding hydrogens is 213 g/mol. The van der Waals surface area contributed by atoms with Crippen LogP contribution in [0.25, 0.3) is 0 Å². The minimum Gasteiger partial charge on any atom is -0.376 e. The van der Waals surface area contributed by atoms with Crippen LogP contribution in [0.2, 0.25) is 0 Å². The van der Waals surface area contributed by atoms with E-state index in [1.165, 1.54) is 15.7 Å². The van der Waals surface area contributed by atoms with E-state index in [1.54, 1.807) is 0 Å². The van der Waals surface area contributed by atoms with E-state index in [0.717, 1.165) is 5.69 Å². The molecule has 0 aliphatic carbocycles. The van der Waals surface area contributed by atoms with E-state index >= 15 is 0 Å². The topological polar surface area (TPSA) is 43.0 Å². The first kappa shape index (κ1) is 10.7. The van der Waals surface area contributed by atoms with E-state index < -0.39 is 0 Å². The molecule has 88 valence electrons. The van der Waals surface area contributed by atoms with E-state index in [2.05, 4.69) is 18.8 Å². The number of hydrogen-bond acceptors (Lipinski definition) is 2. The number of aliphatic hydroxyl groups is 1. The van der Waals surface area contributed by atoms with Crippen LogP contribution in [0, 0.1) is 20.8 Å². The predicted octanol–water partition coefficient (Wildman–Crippen LogP) is 0.402. The first-order valence-electron chi connectivity index (χ1n) is 6.01. The van der Waals surface area contributed by atoms with Crippen LogP contribution < -0.4 is 5.72 Å². The van der Waals surface area contributed by atoms with Gasteiger partial charge in [-0.1, -0.05) is 0 Å². The molecular formula is C12H16BN3O. The van der Waals surface area contributed by atoms with E-state index in [1.807, 2.05) is 17.7 Å². The third-order valence-electron chi connectivity index (χ3n) is 3.28. The normalized spacial score (nSPS) is 11.9. The molecule has 17 heavy (non-hydrogen) atoms. The highest BCUT2D eigenvalue weighted by Gasteiger charge is 2.09. The van der Waals surface area contributed by atoms with Gasteiger partial charge >= 0.3 is 0 Å². The first-order valence-corrected chi connectivity index (χ1v) is 5.51. The number of aromatic nitrogens is 3. The zero-order valence-electron chi connectivity index (χ0n) is 11.4. The number of rotatable bonds is 3. The molecule has 0 atom stereocenters. The lowest BCUT2D eigenvalue weighted by Crippen LogP contribution is -2.21. The lowest BCUT2D eigenvalue weighted by atomic mass is 10.1. The lowest BCUT2D eigenvalue weighted by Gasteiger charge is -2.09. The van der Waals surface area contributed by atoms with Crippen LogP contribution in [0.3, 0.4) is 0 Å². The fourth-order valence-electron chi connectivity index (χ4n) is 1.91. The molecule has 0 amide bonds. The van der Waals surface area contributed by atoms with Crippen molar-refractivity contribution in [2.75, 3.05) is 0 Å².